The molecule has 0 aliphatic rings. The summed E-state index contributed by atoms with van der Waals surface area (Å²) in [6.07, 6.45) is 3.44. The van der Waals surface area contributed by atoms with E-state index in [9.17, 15) is 4.79 Å². The number of hydrogen-bond acceptors (Lipinski definition) is 3. The molecule has 2 aromatic rings. The predicted octanol–water partition coefficient (Wildman–Crippen LogP) is 2.90. The zero-order valence-corrected chi connectivity index (χ0v) is 13.6. The fraction of sp³-hybridized carbons (Fsp3) is 0.250. The molecule has 0 spiro atoms. The largest absolute Gasteiger partial charge is 0.348 e. The van der Waals surface area contributed by atoms with E-state index in [4.69, 9.17) is 5.73 Å². The summed E-state index contributed by atoms with van der Waals surface area (Å²) in [5.41, 5.74) is 6.84. The Bertz CT molecular complexity index is 611. The van der Waals surface area contributed by atoms with E-state index in [1.165, 1.54) is 0 Å². The summed E-state index contributed by atoms with van der Waals surface area (Å²) in [6.45, 7) is 3.62. The van der Waals surface area contributed by atoms with Crippen LogP contribution in [0.5, 0.6) is 0 Å². The van der Waals surface area contributed by atoms with Crippen LogP contribution in [-0.4, -0.2) is 10.9 Å². The third kappa shape index (κ3) is 3.68. The molecule has 1 aromatic carbocycles. The SMILES string of the molecule is C[C@H](NC(=O)C(C)(N)c1ccc(Br)cc1)c1cccnc1. The van der Waals surface area contributed by atoms with Crippen molar-refractivity contribution < 1.29 is 4.79 Å². The monoisotopic (exact) mass is 347 g/mol. The Morgan fingerprint density at radius 2 is 2.00 bits per heavy atom. The van der Waals surface area contributed by atoms with Crippen LogP contribution >= 0.6 is 15.9 Å². The summed E-state index contributed by atoms with van der Waals surface area (Å²) in [6, 6.07) is 11.1. The lowest BCUT2D eigenvalue weighted by Gasteiger charge is -2.26. The maximum absolute atomic E-state index is 12.5. The summed E-state index contributed by atoms with van der Waals surface area (Å²) in [5, 5.41) is 2.93. The predicted molar refractivity (Wildman–Crippen MR) is 86.5 cm³/mol. The molecule has 110 valence electrons. The molecule has 2 rings (SSSR count). The van der Waals surface area contributed by atoms with Crippen LogP contribution in [0.15, 0.2) is 53.3 Å². The number of aromatic nitrogens is 1. The number of nitrogens with zero attached hydrogens (tertiary/aromatic N) is 1. The van der Waals surface area contributed by atoms with Crippen LogP contribution in [0.4, 0.5) is 0 Å². The van der Waals surface area contributed by atoms with Gasteiger partial charge < -0.3 is 11.1 Å². The van der Waals surface area contributed by atoms with Crippen molar-refractivity contribution in [2.75, 3.05) is 0 Å². The lowest BCUT2D eigenvalue weighted by molar-refractivity contribution is -0.126. The molecule has 4 nitrogen and oxygen atoms in total. The molecule has 21 heavy (non-hydrogen) atoms. The molecule has 1 amide bonds. The summed E-state index contributed by atoms with van der Waals surface area (Å²) >= 11 is 3.37. The van der Waals surface area contributed by atoms with Crippen LogP contribution in [0, 0.1) is 0 Å². The van der Waals surface area contributed by atoms with Gasteiger partial charge in [-0.25, -0.2) is 0 Å². The van der Waals surface area contributed by atoms with Gasteiger partial charge in [0.15, 0.2) is 0 Å². The highest BCUT2D eigenvalue weighted by molar-refractivity contribution is 9.10. The van der Waals surface area contributed by atoms with Crippen LogP contribution in [0.3, 0.4) is 0 Å². The molecule has 0 radical (unpaired) electrons. The van der Waals surface area contributed by atoms with Gasteiger partial charge in [-0.15, -0.1) is 0 Å². The number of pyridine rings is 1. The van der Waals surface area contributed by atoms with Crippen LogP contribution in [0.25, 0.3) is 0 Å². The Hall–Kier alpha value is -1.72. The first-order chi connectivity index (χ1) is 9.91. The van der Waals surface area contributed by atoms with Gasteiger partial charge in [-0.1, -0.05) is 34.1 Å². The van der Waals surface area contributed by atoms with Gasteiger partial charge in [0.2, 0.25) is 5.91 Å². The molecule has 2 atom stereocenters. The highest BCUT2D eigenvalue weighted by Gasteiger charge is 2.31. The van der Waals surface area contributed by atoms with Gasteiger partial charge in [0.05, 0.1) is 6.04 Å². The zero-order chi connectivity index (χ0) is 15.5. The standard InChI is InChI=1S/C16H18BrN3O/c1-11(12-4-3-9-19-10-12)20-15(21)16(2,18)13-5-7-14(17)8-6-13/h3-11H,18H2,1-2H3,(H,20,21)/t11-,16?/m0/s1. The van der Waals surface area contributed by atoms with E-state index >= 15 is 0 Å². The van der Waals surface area contributed by atoms with Crippen LogP contribution in [0.2, 0.25) is 0 Å². The Morgan fingerprint density at radius 1 is 1.33 bits per heavy atom. The van der Waals surface area contributed by atoms with Crippen molar-refractivity contribution in [2.45, 2.75) is 25.4 Å². The van der Waals surface area contributed by atoms with Gasteiger partial charge in [-0.3, -0.25) is 9.78 Å². The Balaban J connectivity index is 2.13. The average molecular weight is 348 g/mol. The van der Waals surface area contributed by atoms with Crippen molar-refractivity contribution in [3.8, 4) is 0 Å². The second kappa shape index (κ2) is 6.37. The average Bonchev–Trinajstić information content (AvgIpc) is 2.48. The number of benzene rings is 1. The summed E-state index contributed by atoms with van der Waals surface area (Å²) < 4.78 is 0.950. The summed E-state index contributed by atoms with van der Waals surface area (Å²) in [5.74, 6) is -0.221. The normalized spacial score (nSPS) is 15.0. The number of halogens is 1. The maximum atomic E-state index is 12.5. The lowest BCUT2D eigenvalue weighted by atomic mass is 9.92. The molecule has 0 aliphatic carbocycles. The Kier molecular flexibility index (Phi) is 4.75. The van der Waals surface area contributed by atoms with Crippen LogP contribution in [-0.2, 0) is 10.3 Å². The molecule has 1 heterocycles. The molecule has 0 saturated carbocycles. The molecule has 5 heteroatoms. The highest BCUT2D eigenvalue weighted by Crippen LogP contribution is 2.22. The van der Waals surface area contributed by atoms with Crippen molar-refractivity contribution in [1.29, 1.82) is 0 Å². The quantitative estimate of drug-likeness (QED) is 0.893. The van der Waals surface area contributed by atoms with E-state index in [-0.39, 0.29) is 11.9 Å². The van der Waals surface area contributed by atoms with Crippen molar-refractivity contribution >= 4 is 21.8 Å². The number of amides is 1. The molecule has 3 N–H and O–H groups in total. The molecule has 1 aromatic heterocycles. The van der Waals surface area contributed by atoms with Gasteiger partial charge in [0, 0.05) is 16.9 Å². The third-order valence-electron chi connectivity index (χ3n) is 3.45. The molecular formula is C16H18BrN3O. The first kappa shape index (κ1) is 15.7. The number of carbonyl (C=O) groups is 1. The van der Waals surface area contributed by atoms with E-state index in [0.717, 1.165) is 15.6 Å². The smallest absolute Gasteiger partial charge is 0.244 e. The minimum absolute atomic E-state index is 0.149. The van der Waals surface area contributed by atoms with Crippen LogP contribution in [0.1, 0.15) is 31.0 Å². The van der Waals surface area contributed by atoms with E-state index in [1.807, 2.05) is 43.3 Å². The van der Waals surface area contributed by atoms with Gasteiger partial charge in [0.25, 0.3) is 0 Å². The molecule has 0 bridgehead atoms. The first-order valence-electron chi connectivity index (χ1n) is 6.67. The van der Waals surface area contributed by atoms with Gasteiger partial charge in [0.1, 0.15) is 5.54 Å². The Labute approximate surface area is 132 Å². The lowest BCUT2D eigenvalue weighted by Crippen LogP contribution is -2.49. The minimum atomic E-state index is -1.09. The maximum Gasteiger partial charge on any atom is 0.244 e. The minimum Gasteiger partial charge on any atom is -0.348 e. The van der Waals surface area contributed by atoms with Gasteiger partial charge in [-0.05, 0) is 43.2 Å². The topological polar surface area (TPSA) is 68.0 Å². The van der Waals surface area contributed by atoms with Gasteiger partial charge in [-0.2, -0.15) is 0 Å². The van der Waals surface area contributed by atoms with E-state index in [0.29, 0.717) is 0 Å². The Morgan fingerprint density at radius 3 is 2.57 bits per heavy atom. The number of carbonyl (C=O) groups excluding carboxylic acids is 1. The highest BCUT2D eigenvalue weighted by atomic mass is 79.9. The number of rotatable bonds is 4. The fourth-order valence-electron chi connectivity index (χ4n) is 1.99. The van der Waals surface area contributed by atoms with E-state index in [1.54, 1.807) is 19.3 Å². The number of hydrogen-bond donors (Lipinski definition) is 2. The zero-order valence-electron chi connectivity index (χ0n) is 12.0. The fourth-order valence-corrected chi connectivity index (χ4v) is 2.25. The third-order valence-corrected chi connectivity index (χ3v) is 3.98. The van der Waals surface area contributed by atoms with Gasteiger partial charge >= 0.3 is 0 Å². The van der Waals surface area contributed by atoms with E-state index in [2.05, 4.69) is 26.2 Å². The summed E-state index contributed by atoms with van der Waals surface area (Å²) in [7, 11) is 0. The molecule has 0 aliphatic heterocycles. The second-order valence-electron chi connectivity index (χ2n) is 5.19. The number of nitrogens with two attached hydrogens (primary N) is 1. The van der Waals surface area contributed by atoms with Crippen molar-refractivity contribution in [3.05, 3.63) is 64.4 Å². The molecule has 0 fully saturated rings. The van der Waals surface area contributed by atoms with E-state index < -0.39 is 5.54 Å². The first-order valence-corrected chi connectivity index (χ1v) is 7.46. The number of nitrogens with one attached hydrogen (secondary N) is 1. The molecule has 0 saturated heterocycles. The van der Waals surface area contributed by atoms with Crippen molar-refractivity contribution in [3.63, 3.8) is 0 Å². The summed E-state index contributed by atoms with van der Waals surface area (Å²) in [4.78, 5) is 16.5. The van der Waals surface area contributed by atoms with Crippen molar-refractivity contribution in [1.82, 2.24) is 10.3 Å². The second-order valence-corrected chi connectivity index (χ2v) is 6.11. The molecule has 1 unspecified atom stereocenters. The molecular weight excluding hydrogens is 330 g/mol. The van der Waals surface area contributed by atoms with Crippen LogP contribution < -0.4 is 11.1 Å². The van der Waals surface area contributed by atoms with Crippen molar-refractivity contribution in [2.24, 2.45) is 5.73 Å².